The Kier molecular flexibility index (Phi) is 10.0. The molecular weight excluding hydrogens is 570 g/mol. The number of likely N-dealkylation sites (N-methyl/N-ethyl adjacent to an activating group) is 1. The van der Waals surface area contributed by atoms with Crippen molar-refractivity contribution in [3.8, 4) is 0 Å². The zero-order valence-electron chi connectivity index (χ0n) is 23.8. The van der Waals surface area contributed by atoms with Crippen LogP contribution in [0.25, 0.3) is 0 Å². The van der Waals surface area contributed by atoms with Gasteiger partial charge in [0.1, 0.15) is 12.6 Å². The predicted molar refractivity (Wildman–Crippen MR) is 167 cm³/mol. The van der Waals surface area contributed by atoms with E-state index in [1.54, 1.807) is 43.3 Å². The Labute approximate surface area is 252 Å². The molecule has 0 saturated heterocycles. The molecule has 9 heteroatoms. The second kappa shape index (κ2) is 13.7. The first-order valence-electron chi connectivity index (χ1n) is 13.5. The number of carbonyl (C=O) groups is 2. The van der Waals surface area contributed by atoms with Gasteiger partial charge in [-0.05, 0) is 60.9 Å². The molecule has 1 atom stereocenters. The van der Waals surface area contributed by atoms with Crippen LogP contribution in [0.3, 0.4) is 0 Å². The Bertz CT molecular complexity index is 1650. The molecule has 0 aliphatic rings. The topological polar surface area (TPSA) is 86.8 Å². The summed E-state index contributed by atoms with van der Waals surface area (Å²) >= 11 is 6.19. The first-order valence-corrected chi connectivity index (χ1v) is 15.4. The maximum Gasteiger partial charge on any atom is 0.264 e. The quantitative estimate of drug-likeness (QED) is 0.244. The lowest BCUT2D eigenvalue weighted by atomic mass is 10.0. The molecule has 42 heavy (non-hydrogen) atoms. The van der Waals surface area contributed by atoms with Gasteiger partial charge < -0.3 is 10.2 Å². The highest BCUT2D eigenvalue weighted by molar-refractivity contribution is 7.92. The van der Waals surface area contributed by atoms with Crippen molar-refractivity contribution < 1.29 is 18.0 Å². The molecule has 2 amide bonds. The summed E-state index contributed by atoms with van der Waals surface area (Å²) < 4.78 is 29.1. The first kappa shape index (κ1) is 30.8. The van der Waals surface area contributed by atoms with Crippen LogP contribution in [0.5, 0.6) is 0 Å². The van der Waals surface area contributed by atoms with Gasteiger partial charge in [0.2, 0.25) is 11.8 Å². The number of nitrogens with zero attached hydrogens (tertiary/aromatic N) is 2. The molecule has 218 valence electrons. The van der Waals surface area contributed by atoms with Crippen molar-refractivity contribution in [2.75, 3.05) is 17.9 Å². The summed E-state index contributed by atoms with van der Waals surface area (Å²) in [5, 5.41) is 3.14. The summed E-state index contributed by atoms with van der Waals surface area (Å²) in [4.78, 5) is 29.2. The second-order valence-corrected chi connectivity index (χ2v) is 12.4. The van der Waals surface area contributed by atoms with Crippen molar-refractivity contribution in [1.82, 2.24) is 10.2 Å². The van der Waals surface area contributed by atoms with E-state index in [-0.39, 0.29) is 23.8 Å². The molecule has 0 aliphatic carbocycles. The molecule has 0 aliphatic heterocycles. The summed E-state index contributed by atoms with van der Waals surface area (Å²) in [5.41, 5.74) is 3.62. The lowest BCUT2D eigenvalue weighted by molar-refractivity contribution is -0.139. The fraction of sp³-hybridized carbons (Fsp3) is 0.212. The second-order valence-electron chi connectivity index (χ2n) is 10.1. The van der Waals surface area contributed by atoms with Crippen LogP contribution in [0.15, 0.2) is 108 Å². The third-order valence-electron chi connectivity index (χ3n) is 6.99. The van der Waals surface area contributed by atoms with Crippen LogP contribution >= 0.6 is 11.6 Å². The zero-order valence-corrected chi connectivity index (χ0v) is 25.4. The van der Waals surface area contributed by atoms with Crippen LogP contribution in [0.1, 0.15) is 22.3 Å². The highest BCUT2D eigenvalue weighted by Gasteiger charge is 2.34. The van der Waals surface area contributed by atoms with Crippen LogP contribution in [-0.2, 0) is 32.6 Å². The molecule has 4 rings (SSSR count). The normalized spacial score (nSPS) is 11.9. The Morgan fingerprint density at radius 3 is 2.10 bits per heavy atom. The maximum atomic E-state index is 14.3. The highest BCUT2D eigenvalue weighted by atomic mass is 35.5. The van der Waals surface area contributed by atoms with E-state index in [9.17, 15) is 18.0 Å². The van der Waals surface area contributed by atoms with Gasteiger partial charge in [-0.2, -0.15) is 0 Å². The molecule has 7 nitrogen and oxygen atoms in total. The molecule has 0 saturated carbocycles. The van der Waals surface area contributed by atoms with Gasteiger partial charge >= 0.3 is 0 Å². The SMILES string of the molecule is CNC(=O)C(Cc1ccccc1)N(Cc1cccc(C)c1)C(=O)CN(c1ccc(Cl)cc1C)S(=O)(=O)c1ccccc1. The van der Waals surface area contributed by atoms with Crippen LogP contribution in [0.2, 0.25) is 5.02 Å². The minimum Gasteiger partial charge on any atom is -0.357 e. The van der Waals surface area contributed by atoms with Gasteiger partial charge in [-0.15, -0.1) is 0 Å². The van der Waals surface area contributed by atoms with Crippen molar-refractivity contribution in [2.45, 2.75) is 37.8 Å². The summed E-state index contributed by atoms with van der Waals surface area (Å²) in [5.74, 6) is -0.866. The molecule has 4 aromatic carbocycles. The van der Waals surface area contributed by atoms with Crippen molar-refractivity contribution in [2.24, 2.45) is 0 Å². The van der Waals surface area contributed by atoms with Crippen molar-refractivity contribution in [3.05, 3.63) is 130 Å². The summed E-state index contributed by atoms with van der Waals surface area (Å²) in [7, 11) is -2.64. The monoisotopic (exact) mass is 603 g/mol. The molecule has 0 fully saturated rings. The number of sulfonamides is 1. The molecule has 0 aromatic heterocycles. The van der Waals surface area contributed by atoms with E-state index in [4.69, 9.17) is 11.6 Å². The van der Waals surface area contributed by atoms with E-state index < -0.39 is 28.5 Å². The van der Waals surface area contributed by atoms with Gasteiger partial charge in [-0.25, -0.2) is 8.42 Å². The number of nitrogens with one attached hydrogen (secondary N) is 1. The van der Waals surface area contributed by atoms with E-state index in [0.717, 1.165) is 21.0 Å². The summed E-state index contributed by atoms with van der Waals surface area (Å²) in [6, 6.07) is 29.0. The van der Waals surface area contributed by atoms with Crippen LogP contribution in [0.4, 0.5) is 5.69 Å². The lowest BCUT2D eigenvalue weighted by Crippen LogP contribution is -2.53. The van der Waals surface area contributed by atoms with Gasteiger partial charge in [0.15, 0.2) is 0 Å². The van der Waals surface area contributed by atoms with Crippen molar-refractivity contribution >= 4 is 39.1 Å². The van der Waals surface area contributed by atoms with Gasteiger partial charge in [0.25, 0.3) is 10.0 Å². The number of halogens is 1. The van der Waals surface area contributed by atoms with Gasteiger partial charge in [-0.1, -0.05) is 90.0 Å². The van der Waals surface area contributed by atoms with E-state index in [1.165, 1.54) is 24.1 Å². The van der Waals surface area contributed by atoms with Crippen LogP contribution in [0, 0.1) is 13.8 Å². The molecule has 0 radical (unpaired) electrons. The molecule has 4 aromatic rings. The Morgan fingerprint density at radius 2 is 1.48 bits per heavy atom. The number of anilines is 1. The lowest BCUT2D eigenvalue weighted by Gasteiger charge is -2.34. The fourth-order valence-corrected chi connectivity index (χ4v) is 6.59. The van der Waals surface area contributed by atoms with E-state index in [0.29, 0.717) is 16.3 Å². The minimum atomic E-state index is -4.17. The Balaban J connectivity index is 1.81. The Hall–Kier alpha value is -4.14. The minimum absolute atomic E-state index is 0.0459. The third kappa shape index (κ3) is 7.38. The average molecular weight is 604 g/mol. The predicted octanol–water partition coefficient (Wildman–Crippen LogP) is 5.54. The van der Waals surface area contributed by atoms with Gasteiger partial charge in [0, 0.05) is 25.0 Å². The largest absolute Gasteiger partial charge is 0.357 e. The number of aryl methyl sites for hydroxylation is 2. The number of hydrogen-bond acceptors (Lipinski definition) is 4. The Morgan fingerprint density at radius 1 is 0.833 bits per heavy atom. The number of benzene rings is 4. The molecular formula is C33H34ClN3O4S. The number of carbonyl (C=O) groups excluding carboxylic acids is 2. The molecule has 1 unspecified atom stereocenters. The highest BCUT2D eigenvalue weighted by Crippen LogP contribution is 2.29. The van der Waals surface area contributed by atoms with Crippen molar-refractivity contribution in [1.29, 1.82) is 0 Å². The summed E-state index contributed by atoms with van der Waals surface area (Å²) in [6.07, 6.45) is 0.253. The van der Waals surface area contributed by atoms with Crippen LogP contribution in [-0.4, -0.2) is 44.8 Å². The van der Waals surface area contributed by atoms with Crippen LogP contribution < -0.4 is 9.62 Å². The standard InChI is InChI=1S/C33H34ClN3O4S/c1-24-11-10-14-27(19-24)22-36(31(33(39)35-3)21-26-12-6-4-7-13-26)32(38)23-37(30-18-17-28(34)20-25(30)2)42(40,41)29-15-8-5-9-16-29/h4-20,31H,21-23H2,1-3H3,(H,35,39). The maximum absolute atomic E-state index is 14.3. The molecule has 1 N–H and O–H groups in total. The zero-order chi connectivity index (χ0) is 30.3. The fourth-order valence-electron chi connectivity index (χ4n) is 4.86. The molecule has 0 bridgehead atoms. The van der Waals surface area contributed by atoms with Crippen molar-refractivity contribution in [3.63, 3.8) is 0 Å². The molecule has 0 spiro atoms. The van der Waals surface area contributed by atoms with E-state index in [2.05, 4.69) is 5.32 Å². The molecule has 0 heterocycles. The third-order valence-corrected chi connectivity index (χ3v) is 9.00. The smallest absolute Gasteiger partial charge is 0.264 e. The number of hydrogen-bond donors (Lipinski definition) is 1. The van der Waals surface area contributed by atoms with Gasteiger partial charge in [0.05, 0.1) is 10.6 Å². The van der Waals surface area contributed by atoms with E-state index in [1.807, 2.05) is 61.5 Å². The first-order chi connectivity index (χ1) is 20.1. The van der Waals surface area contributed by atoms with Gasteiger partial charge in [-0.3, -0.25) is 13.9 Å². The summed E-state index contributed by atoms with van der Waals surface area (Å²) in [6.45, 7) is 3.29. The van der Waals surface area contributed by atoms with E-state index >= 15 is 0 Å². The number of amides is 2. The average Bonchev–Trinajstić information content (AvgIpc) is 2.98. The number of rotatable bonds is 11.